The van der Waals surface area contributed by atoms with Crippen molar-refractivity contribution in [2.24, 2.45) is 5.92 Å². The van der Waals surface area contributed by atoms with Gasteiger partial charge in [-0.25, -0.2) is 0 Å². The maximum Gasteiger partial charge on any atom is 0.0593 e. The molecule has 1 aliphatic rings. The lowest BCUT2D eigenvalue weighted by Gasteiger charge is -2.18. The number of rotatable bonds is 4. The predicted octanol–water partition coefficient (Wildman–Crippen LogP) is 1.97. The summed E-state index contributed by atoms with van der Waals surface area (Å²) in [5, 5.41) is 7.84. The van der Waals surface area contributed by atoms with Gasteiger partial charge in [-0.2, -0.15) is 5.10 Å². The van der Waals surface area contributed by atoms with Gasteiger partial charge in [0.15, 0.2) is 0 Å². The zero-order valence-electron chi connectivity index (χ0n) is 9.74. The zero-order valence-corrected chi connectivity index (χ0v) is 9.74. The summed E-state index contributed by atoms with van der Waals surface area (Å²) in [6.45, 7) is 3.11. The van der Waals surface area contributed by atoms with Gasteiger partial charge in [0.2, 0.25) is 0 Å². The summed E-state index contributed by atoms with van der Waals surface area (Å²) in [5.74, 6) is 0.847. The summed E-state index contributed by atoms with van der Waals surface area (Å²) < 4.78 is 2.07. The highest BCUT2D eigenvalue weighted by Gasteiger charge is 2.25. The summed E-state index contributed by atoms with van der Waals surface area (Å²) in [6.07, 6.45) is 7.45. The number of aryl methyl sites for hydroxylation is 2. The zero-order chi connectivity index (χ0) is 10.7. The lowest BCUT2D eigenvalue weighted by molar-refractivity contribution is 0.369. The van der Waals surface area contributed by atoms with Gasteiger partial charge in [0.05, 0.1) is 5.69 Å². The van der Waals surface area contributed by atoms with Crippen LogP contribution in [-0.4, -0.2) is 22.9 Å². The maximum atomic E-state index is 4.42. The molecule has 0 saturated heterocycles. The second-order valence-electron chi connectivity index (χ2n) is 4.60. The van der Waals surface area contributed by atoms with Gasteiger partial charge in [-0.05, 0) is 45.2 Å². The molecule has 1 aromatic rings. The van der Waals surface area contributed by atoms with Crippen LogP contribution in [0.15, 0.2) is 12.3 Å². The molecule has 15 heavy (non-hydrogen) atoms. The minimum absolute atomic E-state index is 0.738. The van der Waals surface area contributed by atoms with Crippen molar-refractivity contribution in [3.63, 3.8) is 0 Å². The molecule has 2 unspecified atom stereocenters. The van der Waals surface area contributed by atoms with Crippen molar-refractivity contribution in [2.75, 3.05) is 7.05 Å². The summed E-state index contributed by atoms with van der Waals surface area (Å²) in [5.41, 5.74) is 1.12. The number of aromatic nitrogens is 2. The van der Waals surface area contributed by atoms with E-state index in [9.17, 15) is 0 Å². The van der Waals surface area contributed by atoms with Crippen molar-refractivity contribution < 1.29 is 0 Å². The SMILES string of the molecule is CNC1CCCC1CCn1ccc(C)n1. The Hall–Kier alpha value is -0.830. The molecule has 3 nitrogen and oxygen atoms in total. The van der Waals surface area contributed by atoms with Crippen molar-refractivity contribution in [2.45, 2.75) is 45.2 Å². The average Bonchev–Trinajstić information content (AvgIpc) is 2.83. The summed E-state index contributed by atoms with van der Waals surface area (Å²) in [6, 6.07) is 2.81. The van der Waals surface area contributed by atoms with Gasteiger partial charge in [0.25, 0.3) is 0 Å². The lowest BCUT2D eigenvalue weighted by Crippen LogP contribution is -2.29. The van der Waals surface area contributed by atoms with Crippen molar-refractivity contribution in [1.82, 2.24) is 15.1 Å². The van der Waals surface area contributed by atoms with Crippen LogP contribution in [0.1, 0.15) is 31.4 Å². The Labute approximate surface area is 91.9 Å². The van der Waals surface area contributed by atoms with Gasteiger partial charge in [-0.3, -0.25) is 4.68 Å². The Kier molecular flexibility index (Phi) is 3.41. The molecule has 0 amide bonds. The molecule has 1 heterocycles. The van der Waals surface area contributed by atoms with Crippen LogP contribution in [0.4, 0.5) is 0 Å². The molecule has 1 N–H and O–H groups in total. The van der Waals surface area contributed by atoms with Crippen LogP contribution >= 0.6 is 0 Å². The molecule has 3 heteroatoms. The first-order valence-electron chi connectivity index (χ1n) is 5.97. The molecule has 0 spiro atoms. The number of nitrogens with one attached hydrogen (secondary N) is 1. The highest BCUT2D eigenvalue weighted by atomic mass is 15.3. The van der Waals surface area contributed by atoms with Gasteiger partial charge in [-0.15, -0.1) is 0 Å². The Morgan fingerprint density at radius 3 is 3.07 bits per heavy atom. The molecular weight excluding hydrogens is 186 g/mol. The molecule has 1 aliphatic carbocycles. The van der Waals surface area contributed by atoms with E-state index in [2.05, 4.69) is 34.4 Å². The number of nitrogens with zero attached hydrogens (tertiary/aromatic N) is 2. The standard InChI is InChI=1S/C12H21N3/c1-10-6-8-15(14-10)9-7-11-4-3-5-12(11)13-2/h6,8,11-13H,3-5,7,9H2,1-2H3. The van der Waals surface area contributed by atoms with Gasteiger partial charge in [0, 0.05) is 18.8 Å². The van der Waals surface area contributed by atoms with Crippen LogP contribution < -0.4 is 5.32 Å². The van der Waals surface area contributed by atoms with E-state index in [1.165, 1.54) is 25.7 Å². The van der Waals surface area contributed by atoms with Crippen molar-refractivity contribution in [1.29, 1.82) is 0 Å². The Morgan fingerprint density at radius 2 is 2.40 bits per heavy atom. The third-order valence-electron chi connectivity index (χ3n) is 3.53. The van der Waals surface area contributed by atoms with Crippen LogP contribution in [0.25, 0.3) is 0 Å². The molecule has 1 saturated carbocycles. The van der Waals surface area contributed by atoms with Gasteiger partial charge in [-0.1, -0.05) is 6.42 Å². The van der Waals surface area contributed by atoms with Crippen LogP contribution in [0.2, 0.25) is 0 Å². The Morgan fingerprint density at radius 1 is 1.53 bits per heavy atom. The average molecular weight is 207 g/mol. The maximum absolute atomic E-state index is 4.42. The molecule has 2 rings (SSSR count). The van der Waals surface area contributed by atoms with Crippen molar-refractivity contribution >= 4 is 0 Å². The predicted molar refractivity (Wildman–Crippen MR) is 61.8 cm³/mol. The minimum atomic E-state index is 0.738. The molecule has 0 radical (unpaired) electrons. The molecule has 2 atom stereocenters. The summed E-state index contributed by atoms with van der Waals surface area (Å²) >= 11 is 0. The normalized spacial score (nSPS) is 26.0. The van der Waals surface area contributed by atoms with E-state index in [0.717, 1.165) is 24.2 Å². The molecule has 0 aliphatic heterocycles. The third-order valence-corrected chi connectivity index (χ3v) is 3.53. The van der Waals surface area contributed by atoms with E-state index in [-0.39, 0.29) is 0 Å². The van der Waals surface area contributed by atoms with Crippen molar-refractivity contribution in [3.05, 3.63) is 18.0 Å². The van der Waals surface area contributed by atoms with E-state index < -0.39 is 0 Å². The van der Waals surface area contributed by atoms with Gasteiger partial charge in [0.1, 0.15) is 0 Å². The van der Waals surface area contributed by atoms with E-state index in [1.54, 1.807) is 0 Å². The highest BCUT2D eigenvalue weighted by molar-refractivity contribution is 4.94. The second kappa shape index (κ2) is 4.79. The Bertz CT molecular complexity index is 306. The third kappa shape index (κ3) is 2.59. The fourth-order valence-electron chi connectivity index (χ4n) is 2.65. The van der Waals surface area contributed by atoms with E-state index >= 15 is 0 Å². The molecule has 0 aromatic carbocycles. The molecule has 84 valence electrons. The van der Waals surface area contributed by atoms with Crippen LogP contribution in [0, 0.1) is 12.8 Å². The molecule has 1 aromatic heterocycles. The first-order chi connectivity index (χ1) is 7.29. The van der Waals surface area contributed by atoms with Gasteiger partial charge >= 0.3 is 0 Å². The summed E-state index contributed by atoms with van der Waals surface area (Å²) in [7, 11) is 2.08. The summed E-state index contributed by atoms with van der Waals surface area (Å²) in [4.78, 5) is 0. The fraction of sp³-hybridized carbons (Fsp3) is 0.750. The molecule has 1 fully saturated rings. The smallest absolute Gasteiger partial charge is 0.0593 e. The largest absolute Gasteiger partial charge is 0.317 e. The Balaban J connectivity index is 1.82. The second-order valence-corrected chi connectivity index (χ2v) is 4.60. The first-order valence-corrected chi connectivity index (χ1v) is 5.97. The number of hydrogen-bond donors (Lipinski definition) is 1. The number of hydrogen-bond acceptors (Lipinski definition) is 2. The van der Waals surface area contributed by atoms with Gasteiger partial charge < -0.3 is 5.32 Å². The minimum Gasteiger partial charge on any atom is -0.317 e. The highest BCUT2D eigenvalue weighted by Crippen LogP contribution is 2.28. The van der Waals surface area contributed by atoms with E-state index in [0.29, 0.717) is 0 Å². The lowest BCUT2D eigenvalue weighted by atomic mass is 10.00. The van der Waals surface area contributed by atoms with Crippen LogP contribution in [0.3, 0.4) is 0 Å². The van der Waals surface area contributed by atoms with E-state index in [4.69, 9.17) is 0 Å². The van der Waals surface area contributed by atoms with Crippen LogP contribution in [0.5, 0.6) is 0 Å². The van der Waals surface area contributed by atoms with Crippen LogP contribution in [-0.2, 0) is 6.54 Å². The molecular formula is C12H21N3. The van der Waals surface area contributed by atoms with E-state index in [1.807, 2.05) is 6.92 Å². The quantitative estimate of drug-likeness (QED) is 0.818. The monoisotopic (exact) mass is 207 g/mol. The molecule has 0 bridgehead atoms. The van der Waals surface area contributed by atoms with Crippen molar-refractivity contribution in [3.8, 4) is 0 Å². The fourth-order valence-corrected chi connectivity index (χ4v) is 2.65. The topological polar surface area (TPSA) is 29.9 Å². The first kappa shape index (κ1) is 10.7.